The topological polar surface area (TPSA) is 68.3 Å². The Morgan fingerprint density at radius 1 is 1.03 bits per heavy atom. The van der Waals surface area contributed by atoms with Crippen molar-refractivity contribution in [3.05, 3.63) is 83.9 Å². The summed E-state index contributed by atoms with van der Waals surface area (Å²) in [7, 11) is 0. The van der Waals surface area contributed by atoms with Gasteiger partial charge in [0.1, 0.15) is 12.2 Å². The van der Waals surface area contributed by atoms with Gasteiger partial charge in [-0.25, -0.2) is 9.59 Å². The molecule has 2 aromatic rings. The van der Waals surface area contributed by atoms with Crippen LogP contribution in [0.1, 0.15) is 45.2 Å². The van der Waals surface area contributed by atoms with Crippen LogP contribution in [0.15, 0.2) is 72.8 Å². The molecule has 0 N–H and O–H groups in total. The lowest BCUT2D eigenvalue weighted by Gasteiger charge is -2.43. The van der Waals surface area contributed by atoms with Gasteiger partial charge in [0.2, 0.25) is 0 Å². The smallest absolute Gasteiger partial charge is 0.410 e. The van der Waals surface area contributed by atoms with Crippen molar-refractivity contribution in [3.63, 3.8) is 0 Å². The summed E-state index contributed by atoms with van der Waals surface area (Å²) in [6.45, 7) is 13.0. The number of hydrogen-bond acceptors (Lipinski definition) is 5. The van der Waals surface area contributed by atoms with Crippen molar-refractivity contribution in [1.82, 2.24) is 9.80 Å². The molecule has 1 heterocycles. The maximum atomic E-state index is 13.4. The third-order valence-corrected chi connectivity index (χ3v) is 5.76. The third-order valence-electron chi connectivity index (χ3n) is 5.76. The van der Waals surface area contributed by atoms with Gasteiger partial charge in [-0.2, -0.15) is 0 Å². The summed E-state index contributed by atoms with van der Waals surface area (Å²) in [4.78, 5) is 29.6. The molecule has 7 heteroatoms. The molecule has 36 heavy (non-hydrogen) atoms. The minimum Gasteiger partial charge on any atom is -0.445 e. The Labute approximate surface area is 214 Å². The molecule has 2 atom stereocenters. The Morgan fingerprint density at radius 2 is 1.64 bits per heavy atom. The predicted octanol–water partition coefficient (Wildman–Crippen LogP) is 5.80. The first-order valence-electron chi connectivity index (χ1n) is 12.4. The Kier molecular flexibility index (Phi) is 9.53. The number of nitrogens with zero attached hydrogens (tertiary/aromatic N) is 2. The number of amides is 2. The number of benzene rings is 2. The van der Waals surface area contributed by atoms with Crippen LogP contribution in [0, 0.1) is 0 Å². The van der Waals surface area contributed by atoms with E-state index in [0.29, 0.717) is 32.7 Å². The summed E-state index contributed by atoms with van der Waals surface area (Å²) >= 11 is 0. The Bertz CT molecular complexity index is 1000. The van der Waals surface area contributed by atoms with Gasteiger partial charge in [0.15, 0.2) is 0 Å². The standard InChI is InChI=1S/C29H38N2O5/c1-22(2)20-34-26-19-30(27(32)36-29(3,4)5)17-16-25(26)31(18-23-12-8-6-9-13-23)28(33)35-21-24-14-10-7-11-15-24/h6-15,25-26H,1,16-21H2,2-5H3/t25-,26+/m0/s1. The van der Waals surface area contributed by atoms with Crippen molar-refractivity contribution in [2.75, 3.05) is 19.7 Å². The van der Waals surface area contributed by atoms with Crippen molar-refractivity contribution in [2.45, 2.75) is 65.0 Å². The van der Waals surface area contributed by atoms with Crippen LogP contribution in [0.5, 0.6) is 0 Å². The van der Waals surface area contributed by atoms with Crippen LogP contribution in [-0.2, 0) is 27.4 Å². The highest BCUT2D eigenvalue weighted by Gasteiger charge is 2.39. The lowest BCUT2D eigenvalue weighted by molar-refractivity contribution is -0.0569. The van der Waals surface area contributed by atoms with E-state index < -0.39 is 17.8 Å². The second-order valence-corrected chi connectivity index (χ2v) is 10.2. The maximum Gasteiger partial charge on any atom is 0.410 e. The van der Waals surface area contributed by atoms with Gasteiger partial charge in [-0.05, 0) is 45.2 Å². The minimum absolute atomic E-state index is 0.180. The van der Waals surface area contributed by atoms with Crippen LogP contribution in [0.2, 0.25) is 0 Å². The molecule has 0 radical (unpaired) electrons. The Morgan fingerprint density at radius 3 is 2.22 bits per heavy atom. The van der Waals surface area contributed by atoms with Crippen molar-refractivity contribution in [3.8, 4) is 0 Å². The molecule has 1 aliphatic rings. The molecule has 0 saturated carbocycles. The van der Waals surface area contributed by atoms with E-state index in [0.717, 1.165) is 16.7 Å². The van der Waals surface area contributed by atoms with E-state index in [-0.39, 0.29) is 18.7 Å². The predicted molar refractivity (Wildman–Crippen MR) is 139 cm³/mol. The maximum absolute atomic E-state index is 13.4. The van der Waals surface area contributed by atoms with Gasteiger partial charge in [0.05, 0.1) is 25.3 Å². The highest BCUT2D eigenvalue weighted by Crippen LogP contribution is 2.25. The number of likely N-dealkylation sites (tertiary alicyclic amines) is 1. The summed E-state index contributed by atoms with van der Waals surface area (Å²) in [5, 5.41) is 0. The van der Waals surface area contributed by atoms with Crippen LogP contribution in [-0.4, -0.2) is 59.4 Å². The lowest BCUT2D eigenvalue weighted by Crippen LogP contribution is -2.58. The number of carbonyl (C=O) groups excluding carboxylic acids is 2. The molecule has 0 aromatic heterocycles. The highest BCUT2D eigenvalue weighted by molar-refractivity contribution is 5.69. The molecule has 0 spiro atoms. The SMILES string of the molecule is C=C(C)CO[C@@H]1CN(C(=O)OC(C)(C)C)CC[C@@H]1N(Cc1ccccc1)C(=O)OCc1ccccc1. The second kappa shape index (κ2) is 12.6. The average molecular weight is 495 g/mol. The van der Waals surface area contributed by atoms with E-state index in [4.69, 9.17) is 14.2 Å². The molecular formula is C29H38N2O5. The first kappa shape index (κ1) is 27.3. The molecule has 194 valence electrons. The summed E-state index contributed by atoms with van der Waals surface area (Å²) < 4.78 is 17.5. The Hall–Kier alpha value is -3.32. The highest BCUT2D eigenvalue weighted by atomic mass is 16.6. The molecule has 3 rings (SSSR count). The van der Waals surface area contributed by atoms with Crippen LogP contribution in [0.4, 0.5) is 9.59 Å². The third kappa shape index (κ3) is 8.41. The lowest BCUT2D eigenvalue weighted by atomic mass is 9.99. The van der Waals surface area contributed by atoms with E-state index >= 15 is 0 Å². The van der Waals surface area contributed by atoms with Crippen molar-refractivity contribution in [1.29, 1.82) is 0 Å². The first-order chi connectivity index (χ1) is 17.1. The summed E-state index contributed by atoms with van der Waals surface area (Å²) in [5.74, 6) is 0. The fraction of sp³-hybridized carbons (Fsp3) is 0.448. The van der Waals surface area contributed by atoms with Gasteiger partial charge in [-0.15, -0.1) is 0 Å². The van der Waals surface area contributed by atoms with Gasteiger partial charge in [0.25, 0.3) is 0 Å². The zero-order valence-electron chi connectivity index (χ0n) is 21.8. The molecule has 2 aromatic carbocycles. The van der Waals surface area contributed by atoms with E-state index in [2.05, 4.69) is 6.58 Å². The molecule has 2 amide bonds. The van der Waals surface area contributed by atoms with Crippen molar-refractivity contribution >= 4 is 12.2 Å². The van der Waals surface area contributed by atoms with Gasteiger partial charge >= 0.3 is 12.2 Å². The van der Waals surface area contributed by atoms with E-state index in [1.807, 2.05) is 88.4 Å². The van der Waals surface area contributed by atoms with Crippen LogP contribution in [0.25, 0.3) is 0 Å². The minimum atomic E-state index is -0.595. The monoisotopic (exact) mass is 494 g/mol. The number of ether oxygens (including phenoxy) is 3. The van der Waals surface area contributed by atoms with E-state index in [1.165, 1.54) is 0 Å². The van der Waals surface area contributed by atoms with Gasteiger partial charge in [0, 0.05) is 13.1 Å². The molecule has 1 aliphatic heterocycles. The molecule has 7 nitrogen and oxygen atoms in total. The van der Waals surface area contributed by atoms with Gasteiger partial charge < -0.3 is 19.1 Å². The van der Waals surface area contributed by atoms with Gasteiger partial charge in [-0.1, -0.05) is 72.8 Å². The number of piperidine rings is 1. The summed E-state index contributed by atoms with van der Waals surface area (Å²) in [6, 6.07) is 19.1. The molecule has 1 saturated heterocycles. The van der Waals surface area contributed by atoms with Crippen LogP contribution in [0.3, 0.4) is 0 Å². The zero-order valence-corrected chi connectivity index (χ0v) is 21.8. The number of carbonyl (C=O) groups is 2. The molecule has 0 bridgehead atoms. The largest absolute Gasteiger partial charge is 0.445 e. The summed E-state index contributed by atoms with van der Waals surface area (Å²) in [5.41, 5.74) is 2.18. The molecule has 0 unspecified atom stereocenters. The molecular weight excluding hydrogens is 456 g/mol. The molecule has 0 aliphatic carbocycles. The average Bonchev–Trinajstić information content (AvgIpc) is 2.84. The first-order valence-corrected chi connectivity index (χ1v) is 12.4. The van der Waals surface area contributed by atoms with Crippen molar-refractivity contribution in [2.24, 2.45) is 0 Å². The normalized spacial score (nSPS) is 17.8. The zero-order chi connectivity index (χ0) is 26.1. The fourth-order valence-electron chi connectivity index (χ4n) is 4.07. The van der Waals surface area contributed by atoms with Crippen molar-refractivity contribution < 1.29 is 23.8 Å². The summed E-state index contributed by atoms with van der Waals surface area (Å²) in [6.07, 6.45) is -0.683. The fourth-order valence-corrected chi connectivity index (χ4v) is 4.07. The Balaban J connectivity index is 1.81. The van der Waals surface area contributed by atoms with E-state index in [9.17, 15) is 9.59 Å². The second-order valence-electron chi connectivity index (χ2n) is 10.2. The number of hydrogen-bond donors (Lipinski definition) is 0. The molecule has 1 fully saturated rings. The van der Waals surface area contributed by atoms with E-state index in [1.54, 1.807) is 9.80 Å². The number of rotatable bonds is 8. The van der Waals surface area contributed by atoms with Crippen LogP contribution < -0.4 is 0 Å². The quantitative estimate of drug-likeness (QED) is 0.434. The van der Waals surface area contributed by atoms with Gasteiger partial charge in [-0.3, -0.25) is 4.90 Å². The van der Waals surface area contributed by atoms with Crippen LogP contribution >= 0.6 is 0 Å².